The van der Waals surface area contributed by atoms with Crippen LogP contribution in [-0.2, 0) is 4.79 Å². The summed E-state index contributed by atoms with van der Waals surface area (Å²) in [6.45, 7) is 4.06. The van der Waals surface area contributed by atoms with Crippen molar-refractivity contribution in [3.05, 3.63) is 53.4 Å². The lowest BCUT2D eigenvalue weighted by molar-refractivity contribution is -0.129. The second-order valence-electron chi connectivity index (χ2n) is 4.17. The van der Waals surface area contributed by atoms with Crippen LogP contribution in [0.3, 0.4) is 0 Å². The Kier molecular flexibility index (Phi) is 4.53. The third kappa shape index (κ3) is 3.80. The van der Waals surface area contributed by atoms with Crippen LogP contribution in [0, 0.1) is 6.92 Å². The molecule has 0 N–H and O–H groups in total. The van der Waals surface area contributed by atoms with E-state index in [1.165, 1.54) is 15.8 Å². The number of thiophene rings is 1. The summed E-state index contributed by atoms with van der Waals surface area (Å²) in [5.74, 6) is 0.240. The van der Waals surface area contributed by atoms with Gasteiger partial charge in [-0.2, -0.15) is 0 Å². The maximum atomic E-state index is 11.4. The van der Waals surface area contributed by atoms with Gasteiger partial charge in [0.1, 0.15) is 5.75 Å². The molecule has 0 saturated carbocycles. The molecule has 0 fully saturated rings. The van der Waals surface area contributed by atoms with Gasteiger partial charge in [0.05, 0.1) is 0 Å². The van der Waals surface area contributed by atoms with Crippen LogP contribution in [0.5, 0.6) is 5.75 Å². The van der Waals surface area contributed by atoms with Gasteiger partial charge < -0.3 is 4.74 Å². The first-order chi connectivity index (χ1) is 9.19. The monoisotopic (exact) mass is 272 g/mol. The van der Waals surface area contributed by atoms with Crippen molar-refractivity contribution < 1.29 is 9.53 Å². The zero-order valence-corrected chi connectivity index (χ0v) is 11.9. The van der Waals surface area contributed by atoms with Crippen molar-refractivity contribution >= 4 is 17.3 Å². The molecule has 0 spiro atoms. The van der Waals surface area contributed by atoms with Gasteiger partial charge in [-0.05, 0) is 55.3 Å². The molecule has 0 amide bonds. The number of esters is 1. The molecule has 2 aromatic rings. The van der Waals surface area contributed by atoms with Gasteiger partial charge in [-0.25, -0.2) is 4.79 Å². The highest BCUT2D eigenvalue weighted by atomic mass is 32.1. The van der Waals surface area contributed by atoms with E-state index >= 15 is 0 Å². The van der Waals surface area contributed by atoms with Gasteiger partial charge in [0.15, 0.2) is 0 Å². The highest BCUT2D eigenvalue weighted by Crippen LogP contribution is 2.28. The minimum absolute atomic E-state index is 0.332. The van der Waals surface area contributed by atoms with Gasteiger partial charge in [0.2, 0.25) is 0 Å². The largest absolute Gasteiger partial charge is 0.423 e. The molecule has 3 heteroatoms. The van der Waals surface area contributed by atoms with Crippen molar-refractivity contribution in [2.75, 3.05) is 0 Å². The highest BCUT2D eigenvalue weighted by Gasteiger charge is 2.03. The van der Waals surface area contributed by atoms with Gasteiger partial charge in [-0.3, -0.25) is 0 Å². The summed E-state index contributed by atoms with van der Waals surface area (Å²) in [6.07, 6.45) is 4.06. The van der Waals surface area contributed by atoms with E-state index in [1.54, 1.807) is 17.4 Å². The molecule has 0 atom stereocenters. The number of rotatable bonds is 4. The Hall–Kier alpha value is -1.87. The predicted molar refractivity (Wildman–Crippen MR) is 79.6 cm³/mol. The lowest BCUT2D eigenvalue weighted by Gasteiger charge is -2.02. The summed E-state index contributed by atoms with van der Waals surface area (Å²) in [5.41, 5.74) is 1.14. The smallest absolute Gasteiger partial charge is 0.335 e. The zero-order chi connectivity index (χ0) is 13.7. The number of aryl methyl sites for hydroxylation is 1. The Bertz CT molecular complexity index is 579. The topological polar surface area (TPSA) is 26.3 Å². The van der Waals surface area contributed by atoms with E-state index in [0.717, 1.165) is 12.0 Å². The summed E-state index contributed by atoms with van der Waals surface area (Å²) in [4.78, 5) is 13.9. The molecule has 2 nitrogen and oxygen atoms in total. The SMILES string of the molecule is CC/C=C/C(=O)Oc1ccc(-c2ccc(C)s2)cc1. The van der Waals surface area contributed by atoms with E-state index in [9.17, 15) is 4.79 Å². The van der Waals surface area contributed by atoms with Gasteiger partial charge in [-0.1, -0.05) is 13.0 Å². The van der Waals surface area contributed by atoms with Crippen LogP contribution in [-0.4, -0.2) is 5.97 Å². The molecule has 1 heterocycles. The average molecular weight is 272 g/mol. The zero-order valence-electron chi connectivity index (χ0n) is 11.1. The molecule has 0 bridgehead atoms. The van der Waals surface area contributed by atoms with Crippen molar-refractivity contribution in [1.29, 1.82) is 0 Å². The summed E-state index contributed by atoms with van der Waals surface area (Å²) < 4.78 is 5.19. The van der Waals surface area contributed by atoms with Gasteiger partial charge in [-0.15, -0.1) is 11.3 Å². The summed E-state index contributed by atoms with van der Waals surface area (Å²) >= 11 is 1.75. The second-order valence-corrected chi connectivity index (χ2v) is 5.45. The average Bonchev–Trinajstić information content (AvgIpc) is 2.84. The number of carbonyl (C=O) groups excluding carboxylic acids is 1. The first-order valence-corrected chi connectivity index (χ1v) is 7.06. The third-order valence-corrected chi connectivity index (χ3v) is 3.64. The van der Waals surface area contributed by atoms with E-state index in [0.29, 0.717) is 5.75 Å². The molecular formula is C16H16O2S. The van der Waals surface area contributed by atoms with E-state index in [1.807, 2.05) is 31.2 Å². The van der Waals surface area contributed by atoms with Gasteiger partial charge >= 0.3 is 5.97 Å². The van der Waals surface area contributed by atoms with Crippen molar-refractivity contribution in [1.82, 2.24) is 0 Å². The molecule has 0 aliphatic heterocycles. The Balaban J connectivity index is 2.06. The Labute approximate surface area is 117 Å². The van der Waals surface area contributed by atoms with Crippen molar-refractivity contribution in [3.8, 4) is 16.2 Å². The van der Waals surface area contributed by atoms with Crippen molar-refractivity contribution in [3.63, 3.8) is 0 Å². The second kappa shape index (κ2) is 6.34. The number of ether oxygens (including phenoxy) is 1. The highest BCUT2D eigenvalue weighted by molar-refractivity contribution is 7.15. The maximum absolute atomic E-state index is 11.4. The molecular weight excluding hydrogens is 256 g/mol. The number of hydrogen-bond donors (Lipinski definition) is 0. The van der Waals surface area contributed by atoms with Crippen molar-refractivity contribution in [2.45, 2.75) is 20.3 Å². The van der Waals surface area contributed by atoms with Crippen LogP contribution in [0.4, 0.5) is 0 Å². The minimum atomic E-state index is -0.332. The lowest BCUT2D eigenvalue weighted by Crippen LogP contribution is -2.03. The summed E-state index contributed by atoms with van der Waals surface area (Å²) in [7, 11) is 0. The molecule has 19 heavy (non-hydrogen) atoms. The molecule has 1 aromatic carbocycles. The van der Waals surface area contributed by atoms with Gasteiger partial charge in [0, 0.05) is 15.8 Å². The third-order valence-electron chi connectivity index (χ3n) is 2.59. The van der Waals surface area contributed by atoms with E-state index in [2.05, 4.69) is 19.1 Å². The first kappa shape index (κ1) is 13.6. The fourth-order valence-corrected chi connectivity index (χ4v) is 2.51. The van der Waals surface area contributed by atoms with Crippen LogP contribution < -0.4 is 4.74 Å². The number of allylic oxidation sites excluding steroid dienone is 1. The number of carbonyl (C=O) groups is 1. The quantitative estimate of drug-likeness (QED) is 0.462. The molecule has 0 saturated heterocycles. The molecule has 0 aliphatic rings. The molecule has 98 valence electrons. The number of hydrogen-bond acceptors (Lipinski definition) is 3. The standard InChI is InChI=1S/C16H16O2S/c1-3-4-5-16(17)18-14-9-7-13(8-10-14)15-11-6-12(2)19-15/h4-11H,3H2,1-2H3/b5-4+. The predicted octanol–water partition coefficient (Wildman–Crippen LogP) is 4.60. The fraction of sp³-hybridized carbons (Fsp3) is 0.188. The minimum Gasteiger partial charge on any atom is -0.423 e. The lowest BCUT2D eigenvalue weighted by atomic mass is 10.2. The van der Waals surface area contributed by atoms with Crippen LogP contribution in [0.2, 0.25) is 0 Å². The first-order valence-electron chi connectivity index (χ1n) is 6.24. The molecule has 1 aromatic heterocycles. The fourth-order valence-electron chi connectivity index (χ4n) is 1.64. The summed E-state index contributed by atoms with van der Waals surface area (Å²) in [5, 5.41) is 0. The summed E-state index contributed by atoms with van der Waals surface area (Å²) in [6, 6.07) is 11.8. The van der Waals surface area contributed by atoms with E-state index in [-0.39, 0.29) is 5.97 Å². The molecule has 0 unspecified atom stereocenters. The van der Waals surface area contributed by atoms with Crippen LogP contribution in [0.15, 0.2) is 48.6 Å². The van der Waals surface area contributed by atoms with Crippen LogP contribution in [0.1, 0.15) is 18.2 Å². The van der Waals surface area contributed by atoms with Crippen LogP contribution >= 0.6 is 11.3 Å². The van der Waals surface area contributed by atoms with E-state index < -0.39 is 0 Å². The van der Waals surface area contributed by atoms with Crippen molar-refractivity contribution in [2.24, 2.45) is 0 Å². The van der Waals surface area contributed by atoms with Gasteiger partial charge in [0.25, 0.3) is 0 Å². The Morgan fingerprint density at radius 1 is 1.21 bits per heavy atom. The van der Waals surface area contributed by atoms with E-state index in [4.69, 9.17) is 4.74 Å². The Morgan fingerprint density at radius 3 is 2.53 bits per heavy atom. The molecule has 0 aliphatic carbocycles. The van der Waals surface area contributed by atoms with Crippen LogP contribution in [0.25, 0.3) is 10.4 Å². The Morgan fingerprint density at radius 2 is 1.95 bits per heavy atom. The maximum Gasteiger partial charge on any atom is 0.335 e. The molecule has 0 radical (unpaired) electrons. The normalized spacial score (nSPS) is 10.8. The number of benzene rings is 1. The molecule has 2 rings (SSSR count).